The van der Waals surface area contributed by atoms with Gasteiger partial charge in [0.15, 0.2) is 0 Å². The molecule has 0 aromatic heterocycles. The minimum Gasteiger partial charge on any atom is -0.212 e. The van der Waals surface area contributed by atoms with E-state index in [1.165, 1.54) is 0 Å². The largest absolute Gasteiger partial charge is 0.238 e. The maximum absolute atomic E-state index is 11.4. The summed E-state index contributed by atoms with van der Waals surface area (Å²) < 4.78 is 21.9. The molecule has 1 aliphatic carbocycles. The van der Waals surface area contributed by atoms with Crippen LogP contribution in [0.3, 0.4) is 0 Å². The van der Waals surface area contributed by atoms with Gasteiger partial charge in [-0.2, -0.15) is 0 Å². The first-order valence-corrected chi connectivity index (χ1v) is 7.31. The fourth-order valence-electron chi connectivity index (χ4n) is 1.64. The molecule has 1 saturated carbocycles. The third-order valence-electron chi connectivity index (χ3n) is 2.80. The first kappa shape index (κ1) is 11.2. The van der Waals surface area contributed by atoms with Gasteiger partial charge in [-0.05, 0) is 30.9 Å². The Hall–Kier alpha value is -0.250. The van der Waals surface area contributed by atoms with Crippen molar-refractivity contribution < 1.29 is 8.42 Å². The van der Waals surface area contributed by atoms with Crippen LogP contribution < -0.4 is 0 Å². The van der Waals surface area contributed by atoms with Crippen molar-refractivity contribution >= 4 is 31.3 Å². The van der Waals surface area contributed by atoms with Gasteiger partial charge in [-0.15, -0.1) is 0 Å². The Bertz CT molecular complexity index is 478. The molecular formula is C10H10Cl2O2S. The molecule has 1 aromatic rings. The maximum Gasteiger partial charge on any atom is 0.238 e. The molecule has 0 N–H and O–H groups in total. The van der Waals surface area contributed by atoms with Gasteiger partial charge in [-0.1, -0.05) is 29.8 Å². The van der Waals surface area contributed by atoms with Gasteiger partial charge in [-0.25, -0.2) is 8.42 Å². The summed E-state index contributed by atoms with van der Waals surface area (Å²) in [5, 5.41) is 0.601. The smallest absolute Gasteiger partial charge is 0.212 e. The van der Waals surface area contributed by atoms with Crippen molar-refractivity contribution in [2.75, 3.05) is 0 Å². The van der Waals surface area contributed by atoms with Crippen molar-refractivity contribution in [1.29, 1.82) is 0 Å². The van der Waals surface area contributed by atoms with Crippen LogP contribution in [-0.4, -0.2) is 13.2 Å². The van der Waals surface area contributed by atoms with E-state index in [0.29, 0.717) is 24.3 Å². The minimum absolute atomic E-state index is 0.415. The Balaban J connectivity index is 2.28. The summed E-state index contributed by atoms with van der Waals surface area (Å²) in [6.07, 6.45) is 1.67. The lowest BCUT2D eigenvalue weighted by Crippen LogP contribution is -2.21. The quantitative estimate of drug-likeness (QED) is 0.787. The van der Waals surface area contributed by atoms with Gasteiger partial charge in [-0.3, -0.25) is 0 Å². The molecule has 1 fully saturated rings. The molecule has 82 valence electrons. The lowest BCUT2D eigenvalue weighted by Gasteiger charge is -2.11. The lowest BCUT2D eigenvalue weighted by atomic mass is 10.1. The highest BCUT2D eigenvalue weighted by Gasteiger charge is 2.53. The first-order valence-electron chi connectivity index (χ1n) is 4.62. The van der Waals surface area contributed by atoms with Crippen molar-refractivity contribution in [3.63, 3.8) is 0 Å². The van der Waals surface area contributed by atoms with Crippen LogP contribution in [0.4, 0.5) is 0 Å². The second-order valence-electron chi connectivity index (χ2n) is 3.89. The number of hydrogen-bond donors (Lipinski definition) is 0. The van der Waals surface area contributed by atoms with Crippen LogP contribution >= 0.6 is 22.3 Å². The molecule has 2 rings (SSSR count). The second kappa shape index (κ2) is 3.65. The van der Waals surface area contributed by atoms with Crippen molar-refractivity contribution in [3.8, 4) is 0 Å². The van der Waals surface area contributed by atoms with Crippen molar-refractivity contribution in [2.24, 2.45) is 0 Å². The van der Waals surface area contributed by atoms with Gasteiger partial charge < -0.3 is 0 Å². The molecule has 1 aliphatic rings. The Labute approximate surface area is 98.6 Å². The van der Waals surface area contributed by atoms with Crippen molar-refractivity contribution in [3.05, 3.63) is 34.9 Å². The summed E-state index contributed by atoms with van der Waals surface area (Å²) in [7, 11) is 1.93. The summed E-state index contributed by atoms with van der Waals surface area (Å²) in [6, 6.07) is 7.26. The van der Waals surface area contributed by atoms with Crippen LogP contribution in [0.5, 0.6) is 0 Å². The molecule has 0 unspecified atom stereocenters. The molecule has 1 aromatic carbocycles. The average molecular weight is 265 g/mol. The van der Waals surface area contributed by atoms with Gasteiger partial charge in [0, 0.05) is 15.7 Å². The highest BCUT2D eigenvalue weighted by molar-refractivity contribution is 8.15. The van der Waals surface area contributed by atoms with Gasteiger partial charge in [0.05, 0.1) is 4.75 Å². The Kier molecular flexibility index (Phi) is 2.73. The Morgan fingerprint density at radius 3 is 2.33 bits per heavy atom. The zero-order valence-electron chi connectivity index (χ0n) is 7.91. The summed E-state index contributed by atoms with van der Waals surface area (Å²) in [6.45, 7) is 0. The molecule has 2 nitrogen and oxygen atoms in total. The Morgan fingerprint density at radius 1 is 1.27 bits per heavy atom. The van der Waals surface area contributed by atoms with Crippen molar-refractivity contribution in [1.82, 2.24) is 0 Å². The summed E-state index contributed by atoms with van der Waals surface area (Å²) >= 11 is 5.97. The van der Waals surface area contributed by atoms with E-state index in [-0.39, 0.29) is 0 Å². The van der Waals surface area contributed by atoms with E-state index in [1.54, 1.807) is 6.07 Å². The van der Waals surface area contributed by atoms with Gasteiger partial charge in [0.25, 0.3) is 0 Å². The lowest BCUT2D eigenvalue weighted by molar-refractivity contribution is 0.590. The predicted octanol–water partition coefficient (Wildman–Crippen LogP) is 2.98. The third kappa shape index (κ3) is 2.14. The molecular weight excluding hydrogens is 255 g/mol. The van der Waals surface area contributed by atoms with Gasteiger partial charge in [0.2, 0.25) is 9.05 Å². The van der Waals surface area contributed by atoms with Crippen LogP contribution in [0.2, 0.25) is 5.02 Å². The van der Waals surface area contributed by atoms with E-state index in [9.17, 15) is 8.42 Å². The zero-order chi connectivity index (χ0) is 11.1. The molecule has 0 bridgehead atoms. The molecule has 0 heterocycles. The second-order valence-corrected chi connectivity index (χ2v) is 7.26. The van der Waals surface area contributed by atoms with Crippen molar-refractivity contribution in [2.45, 2.75) is 24.0 Å². The van der Waals surface area contributed by atoms with E-state index in [2.05, 4.69) is 0 Å². The fourth-order valence-corrected chi connectivity index (χ4v) is 3.38. The highest BCUT2D eigenvalue weighted by Crippen LogP contribution is 2.48. The number of halogens is 2. The van der Waals surface area contributed by atoms with Crippen LogP contribution in [0, 0.1) is 0 Å². The van der Waals surface area contributed by atoms with E-state index < -0.39 is 13.8 Å². The average Bonchev–Trinajstić information content (AvgIpc) is 2.89. The van der Waals surface area contributed by atoms with Crippen LogP contribution in [-0.2, 0) is 15.5 Å². The number of benzene rings is 1. The van der Waals surface area contributed by atoms with E-state index in [1.807, 2.05) is 18.2 Å². The summed E-state index contributed by atoms with van der Waals surface area (Å²) in [5.74, 6) is 0. The third-order valence-corrected chi connectivity index (χ3v) is 5.73. The van der Waals surface area contributed by atoms with Crippen LogP contribution in [0.1, 0.15) is 18.4 Å². The topological polar surface area (TPSA) is 34.1 Å². The SMILES string of the molecule is O=S(=O)(Cl)C1(Cc2ccccc2Cl)CC1. The van der Waals surface area contributed by atoms with Crippen LogP contribution in [0.15, 0.2) is 24.3 Å². The summed E-state index contributed by atoms with van der Waals surface area (Å²) in [5.41, 5.74) is 0.848. The zero-order valence-corrected chi connectivity index (χ0v) is 10.2. The monoisotopic (exact) mass is 264 g/mol. The molecule has 0 aliphatic heterocycles. The summed E-state index contributed by atoms with van der Waals surface area (Å²) in [4.78, 5) is 0. The molecule has 5 heteroatoms. The normalized spacial score (nSPS) is 18.8. The van der Waals surface area contributed by atoms with Gasteiger partial charge in [0.1, 0.15) is 0 Å². The minimum atomic E-state index is -3.49. The number of hydrogen-bond acceptors (Lipinski definition) is 2. The maximum atomic E-state index is 11.4. The predicted molar refractivity (Wildman–Crippen MR) is 61.9 cm³/mol. The Morgan fingerprint density at radius 2 is 1.87 bits per heavy atom. The highest BCUT2D eigenvalue weighted by atomic mass is 35.7. The molecule has 0 atom stereocenters. The standard InChI is InChI=1S/C10H10Cl2O2S/c11-9-4-2-1-3-8(9)7-10(5-6-10)15(12,13)14/h1-4H,5-7H2. The molecule has 0 amide bonds. The molecule has 0 radical (unpaired) electrons. The first-order chi connectivity index (χ1) is 6.95. The van der Waals surface area contributed by atoms with Gasteiger partial charge >= 0.3 is 0 Å². The molecule has 0 saturated heterocycles. The fraction of sp³-hybridized carbons (Fsp3) is 0.400. The van der Waals surface area contributed by atoms with E-state index in [0.717, 1.165) is 5.56 Å². The van der Waals surface area contributed by atoms with E-state index in [4.69, 9.17) is 22.3 Å². The van der Waals surface area contributed by atoms with Crippen LogP contribution in [0.25, 0.3) is 0 Å². The van der Waals surface area contributed by atoms with E-state index >= 15 is 0 Å². The number of rotatable bonds is 3. The molecule has 15 heavy (non-hydrogen) atoms. The molecule has 0 spiro atoms.